The van der Waals surface area contributed by atoms with Gasteiger partial charge in [0.2, 0.25) is 5.78 Å². The van der Waals surface area contributed by atoms with E-state index in [1.165, 1.54) is 0 Å². The SMILES string of the molecule is O=C1c2ccccc2OP(=O)(Oc2ccc(Cl)cc2)Oc2ccccc21. The van der Waals surface area contributed by atoms with Gasteiger partial charge in [0.15, 0.2) is 0 Å². The Morgan fingerprint density at radius 3 is 1.81 bits per heavy atom. The number of halogens is 1. The summed E-state index contributed by atoms with van der Waals surface area (Å²) >= 11 is 5.86. The molecule has 7 heteroatoms. The second-order valence-corrected chi connectivity index (χ2v) is 7.38. The van der Waals surface area contributed by atoms with Crippen LogP contribution in [-0.2, 0) is 4.57 Å². The van der Waals surface area contributed by atoms with Crippen LogP contribution in [0.2, 0.25) is 5.02 Å². The van der Waals surface area contributed by atoms with Crippen LogP contribution in [-0.4, -0.2) is 5.78 Å². The fourth-order valence-electron chi connectivity index (χ4n) is 2.53. The molecule has 0 bridgehead atoms. The van der Waals surface area contributed by atoms with Gasteiger partial charge < -0.3 is 13.6 Å². The predicted octanol–water partition coefficient (Wildman–Crippen LogP) is 5.53. The van der Waals surface area contributed by atoms with Gasteiger partial charge in [0.05, 0.1) is 11.1 Å². The topological polar surface area (TPSA) is 61.8 Å². The van der Waals surface area contributed by atoms with E-state index in [1.807, 2.05) is 0 Å². The zero-order valence-electron chi connectivity index (χ0n) is 13.3. The van der Waals surface area contributed by atoms with E-state index >= 15 is 0 Å². The Morgan fingerprint density at radius 2 is 1.27 bits per heavy atom. The monoisotopic (exact) mass is 386 g/mol. The average molecular weight is 387 g/mol. The van der Waals surface area contributed by atoms with E-state index in [4.69, 9.17) is 25.2 Å². The number of carbonyl (C=O) groups is 1. The van der Waals surface area contributed by atoms with Gasteiger partial charge in [0.25, 0.3) is 0 Å². The highest BCUT2D eigenvalue weighted by Gasteiger charge is 2.38. The minimum absolute atomic E-state index is 0.129. The van der Waals surface area contributed by atoms with Gasteiger partial charge in [-0.25, -0.2) is 0 Å². The van der Waals surface area contributed by atoms with E-state index < -0.39 is 7.82 Å². The van der Waals surface area contributed by atoms with Crippen LogP contribution in [0.25, 0.3) is 0 Å². The molecule has 0 aromatic heterocycles. The quantitative estimate of drug-likeness (QED) is 0.542. The van der Waals surface area contributed by atoms with Crippen molar-refractivity contribution in [1.82, 2.24) is 0 Å². The Hall–Kier alpha value is -2.75. The first kappa shape index (κ1) is 16.7. The highest BCUT2D eigenvalue weighted by atomic mass is 35.5. The summed E-state index contributed by atoms with van der Waals surface area (Å²) in [6, 6.07) is 19.3. The molecule has 1 aliphatic rings. The van der Waals surface area contributed by atoms with Gasteiger partial charge in [-0.05, 0) is 48.5 Å². The van der Waals surface area contributed by atoms with E-state index in [-0.39, 0.29) is 34.2 Å². The molecule has 130 valence electrons. The van der Waals surface area contributed by atoms with Crippen molar-refractivity contribution in [3.63, 3.8) is 0 Å². The number of hydrogen-bond acceptors (Lipinski definition) is 5. The van der Waals surface area contributed by atoms with Gasteiger partial charge >= 0.3 is 7.82 Å². The van der Waals surface area contributed by atoms with Crippen LogP contribution in [0, 0.1) is 0 Å². The van der Waals surface area contributed by atoms with E-state index in [9.17, 15) is 9.36 Å². The van der Waals surface area contributed by atoms with Gasteiger partial charge in [0, 0.05) is 5.02 Å². The number of para-hydroxylation sites is 2. The van der Waals surface area contributed by atoms with Gasteiger partial charge in [-0.3, -0.25) is 4.79 Å². The summed E-state index contributed by atoms with van der Waals surface area (Å²) in [6.45, 7) is 0. The molecule has 26 heavy (non-hydrogen) atoms. The van der Waals surface area contributed by atoms with E-state index in [0.717, 1.165) is 0 Å². The molecule has 5 nitrogen and oxygen atoms in total. The Labute approximate surface area is 154 Å². The van der Waals surface area contributed by atoms with Crippen LogP contribution >= 0.6 is 19.4 Å². The van der Waals surface area contributed by atoms with Crippen molar-refractivity contribution in [2.24, 2.45) is 0 Å². The van der Waals surface area contributed by atoms with Crippen molar-refractivity contribution in [3.05, 3.63) is 88.9 Å². The van der Waals surface area contributed by atoms with Crippen LogP contribution in [0.5, 0.6) is 17.2 Å². The first-order chi connectivity index (χ1) is 12.5. The maximum absolute atomic E-state index is 13.3. The Bertz CT molecular complexity index is 977. The number of hydrogen-bond donors (Lipinski definition) is 0. The summed E-state index contributed by atoms with van der Waals surface area (Å²) in [5, 5.41) is 0.511. The molecular weight excluding hydrogens is 375 g/mol. The summed E-state index contributed by atoms with van der Waals surface area (Å²) in [5.41, 5.74) is 0.561. The minimum atomic E-state index is -4.11. The summed E-state index contributed by atoms with van der Waals surface area (Å²) in [6.07, 6.45) is 0. The maximum atomic E-state index is 13.3. The van der Waals surface area contributed by atoms with E-state index in [0.29, 0.717) is 5.02 Å². The number of phosphoric ester groups is 1. The summed E-state index contributed by atoms with van der Waals surface area (Å²) in [4.78, 5) is 12.8. The standard InChI is InChI=1S/C19H12ClO5P/c20-13-9-11-14(12-10-13)23-26(22)24-17-7-3-1-5-15(17)19(21)16-6-2-4-8-18(16)25-26/h1-12H. The lowest BCUT2D eigenvalue weighted by Crippen LogP contribution is -2.15. The third-order valence-electron chi connectivity index (χ3n) is 3.71. The second kappa shape index (κ2) is 6.52. The third-order valence-corrected chi connectivity index (χ3v) is 5.24. The smallest absolute Gasteiger partial charge is 0.386 e. The lowest BCUT2D eigenvalue weighted by molar-refractivity contribution is 0.103. The van der Waals surface area contributed by atoms with Crippen LogP contribution in [0.15, 0.2) is 72.8 Å². The van der Waals surface area contributed by atoms with Gasteiger partial charge in [0.1, 0.15) is 17.2 Å². The van der Waals surface area contributed by atoms with Crippen molar-refractivity contribution in [1.29, 1.82) is 0 Å². The largest absolute Gasteiger partial charge is 0.647 e. The number of rotatable bonds is 2. The van der Waals surface area contributed by atoms with Crippen molar-refractivity contribution in [3.8, 4) is 17.2 Å². The van der Waals surface area contributed by atoms with Crippen molar-refractivity contribution in [2.75, 3.05) is 0 Å². The summed E-state index contributed by atoms with van der Waals surface area (Å²) in [7, 11) is -4.11. The fourth-order valence-corrected chi connectivity index (χ4v) is 3.95. The van der Waals surface area contributed by atoms with E-state index in [2.05, 4.69) is 0 Å². The zero-order valence-corrected chi connectivity index (χ0v) is 14.9. The minimum Gasteiger partial charge on any atom is -0.386 e. The summed E-state index contributed by atoms with van der Waals surface area (Å²) in [5.74, 6) is 0.238. The van der Waals surface area contributed by atoms with Gasteiger partial charge in [-0.2, -0.15) is 4.57 Å². The fraction of sp³-hybridized carbons (Fsp3) is 0. The molecule has 1 aliphatic heterocycles. The van der Waals surface area contributed by atoms with E-state index in [1.54, 1.807) is 72.8 Å². The number of fused-ring (bicyclic) bond motifs is 2. The molecule has 0 unspecified atom stereocenters. The molecule has 0 saturated carbocycles. The Kier molecular flexibility index (Phi) is 4.19. The molecule has 1 heterocycles. The normalized spacial score (nSPS) is 14.7. The zero-order chi connectivity index (χ0) is 18.1. The predicted molar refractivity (Wildman–Crippen MR) is 97.3 cm³/mol. The van der Waals surface area contributed by atoms with Crippen LogP contribution < -0.4 is 13.6 Å². The number of carbonyl (C=O) groups excluding carboxylic acids is 1. The molecule has 0 spiro atoms. The number of benzene rings is 3. The molecule has 0 radical (unpaired) electrons. The van der Waals surface area contributed by atoms with Crippen LogP contribution in [0.4, 0.5) is 0 Å². The molecular formula is C19H12ClO5P. The molecule has 0 saturated heterocycles. The third kappa shape index (κ3) is 3.19. The molecule has 0 N–H and O–H groups in total. The molecule has 0 aliphatic carbocycles. The van der Waals surface area contributed by atoms with Gasteiger partial charge in [-0.15, -0.1) is 0 Å². The molecule has 0 fully saturated rings. The molecule has 3 aromatic rings. The van der Waals surface area contributed by atoms with Crippen molar-refractivity contribution >= 4 is 25.2 Å². The highest BCUT2D eigenvalue weighted by molar-refractivity contribution is 7.49. The van der Waals surface area contributed by atoms with Crippen LogP contribution in [0.1, 0.15) is 15.9 Å². The average Bonchev–Trinajstić information content (AvgIpc) is 2.63. The first-order valence-corrected chi connectivity index (χ1v) is 9.55. The maximum Gasteiger partial charge on any atom is 0.647 e. The summed E-state index contributed by atoms with van der Waals surface area (Å²) < 4.78 is 29.9. The molecule has 4 rings (SSSR count). The lowest BCUT2D eigenvalue weighted by atomic mass is 10.0. The highest BCUT2D eigenvalue weighted by Crippen LogP contribution is 2.52. The first-order valence-electron chi connectivity index (χ1n) is 7.71. The molecule has 0 amide bonds. The lowest BCUT2D eigenvalue weighted by Gasteiger charge is -2.23. The Morgan fingerprint density at radius 1 is 0.769 bits per heavy atom. The van der Waals surface area contributed by atoms with Crippen molar-refractivity contribution in [2.45, 2.75) is 0 Å². The number of ketones is 1. The molecule has 3 aromatic carbocycles. The van der Waals surface area contributed by atoms with Crippen molar-refractivity contribution < 1.29 is 22.9 Å². The molecule has 0 atom stereocenters. The van der Waals surface area contributed by atoms with Gasteiger partial charge in [-0.1, -0.05) is 35.9 Å². The number of phosphoric acid groups is 1. The second-order valence-electron chi connectivity index (χ2n) is 5.50. The van der Waals surface area contributed by atoms with Crippen LogP contribution in [0.3, 0.4) is 0 Å². The Balaban J connectivity index is 1.82.